The first-order chi connectivity index (χ1) is 13.9. The SMILES string of the molecule is COc1cc(OC)c(-c2ccc(C)s2)cc1C=CC(=O)c1ccc(C(=O)O)cc1. The van der Waals surface area contributed by atoms with Gasteiger partial charge in [0.2, 0.25) is 0 Å². The first-order valence-corrected chi connectivity index (χ1v) is 9.63. The van der Waals surface area contributed by atoms with Crippen molar-refractivity contribution in [1.29, 1.82) is 0 Å². The monoisotopic (exact) mass is 408 g/mol. The Hall–Kier alpha value is -3.38. The average Bonchev–Trinajstić information content (AvgIpc) is 3.17. The summed E-state index contributed by atoms with van der Waals surface area (Å²) < 4.78 is 11.0. The van der Waals surface area contributed by atoms with Gasteiger partial charge < -0.3 is 14.6 Å². The maximum atomic E-state index is 12.5. The summed E-state index contributed by atoms with van der Waals surface area (Å²) >= 11 is 1.66. The van der Waals surface area contributed by atoms with E-state index in [1.165, 1.54) is 35.2 Å². The van der Waals surface area contributed by atoms with Crippen LogP contribution in [0.15, 0.2) is 54.6 Å². The van der Waals surface area contributed by atoms with Gasteiger partial charge in [-0.05, 0) is 49.4 Å². The summed E-state index contributed by atoms with van der Waals surface area (Å²) in [7, 11) is 3.17. The first-order valence-electron chi connectivity index (χ1n) is 8.81. The third kappa shape index (κ3) is 4.55. The van der Waals surface area contributed by atoms with Gasteiger partial charge in [-0.1, -0.05) is 12.1 Å². The first kappa shape index (κ1) is 20.4. The Balaban J connectivity index is 1.94. The molecule has 5 nitrogen and oxygen atoms in total. The van der Waals surface area contributed by atoms with E-state index in [0.717, 1.165) is 16.0 Å². The molecular formula is C23H20O5S. The average molecular weight is 408 g/mol. The lowest BCUT2D eigenvalue weighted by Crippen LogP contribution is -1.99. The van der Waals surface area contributed by atoms with E-state index in [0.29, 0.717) is 17.1 Å². The summed E-state index contributed by atoms with van der Waals surface area (Å²) in [6.07, 6.45) is 3.14. The molecule has 2 aromatic carbocycles. The molecule has 0 spiro atoms. The molecule has 0 aliphatic carbocycles. The molecule has 3 aromatic rings. The standard InChI is InChI=1S/C23H20O5S/c1-14-4-11-22(29-14)18-12-17(20(27-2)13-21(18)28-3)9-10-19(24)15-5-7-16(8-6-15)23(25)26/h4-13H,1-3H3,(H,25,26). The molecule has 1 N–H and O–H groups in total. The molecule has 0 saturated carbocycles. The molecule has 0 bridgehead atoms. The van der Waals surface area contributed by atoms with E-state index in [1.807, 2.05) is 25.1 Å². The van der Waals surface area contributed by atoms with Crippen molar-refractivity contribution in [3.05, 3.63) is 76.2 Å². The fourth-order valence-corrected chi connectivity index (χ4v) is 3.75. The van der Waals surface area contributed by atoms with Crippen molar-refractivity contribution >= 4 is 29.2 Å². The molecule has 148 valence electrons. The molecule has 1 aromatic heterocycles. The predicted octanol–water partition coefficient (Wildman–Crippen LogP) is 5.34. The normalized spacial score (nSPS) is 10.9. The zero-order valence-electron chi connectivity index (χ0n) is 16.3. The Bertz CT molecular complexity index is 1080. The fourth-order valence-electron chi connectivity index (χ4n) is 2.86. The zero-order valence-corrected chi connectivity index (χ0v) is 17.1. The number of allylic oxidation sites excluding steroid dienone is 1. The Morgan fingerprint density at radius 2 is 1.59 bits per heavy atom. The summed E-state index contributed by atoms with van der Waals surface area (Å²) in [6.45, 7) is 2.04. The molecule has 0 amide bonds. The third-order valence-corrected chi connectivity index (χ3v) is 5.42. The number of aromatic carboxylic acids is 1. The van der Waals surface area contributed by atoms with Crippen LogP contribution in [0.1, 0.15) is 31.2 Å². The molecule has 29 heavy (non-hydrogen) atoms. The number of carboxylic acid groups (broad SMARTS) is 1. The van der Waals surface area contributed by atoms with E-state index < -0.39 is 5.97 Å². The highest BCUT2D eigenvalue weighted by molar-refractivity contribution is 7.15. The Morgan fingerprint density at radius 1 is 0.931 bits per heavy atom. The van der Waals surface area contributed by atoms with Gasteiger partial charge in [-0.2, -0.15) is 0 Å². The smallest absolute Gasteiger partial charge is 0.335 e. The minimum atomic E-state index is -1.03. The van der Waals surface area contributed by atoms with Gasteiger partial charge >= 0.3 is 5.97 Å². The lowest BCUT2D eigenvalue weighted by Gasteiger charge is -2.12. The summed E-state index contributed by atoms with van der Waals surface area (Å²) in [6, 6.07) is 13.6. The van der Waals surface area contributed by atoms with Crippen LogP contribution in [0.2, 0.25) is 0 Å². The topological polar surface area (TPSA) is 72.8 Å². The maximum Gasteiger partial charge on any atom is 0.335 e. The van der Waals surface area contributed by atoms with Crippen LogP contribution in [0.4, 0.5) is 0 Å². The molecule has 1 heterocycles. The molecule has 0 atom stereocenters. The lowest BCUT2D eigenvalue weighted by atomic mass is 10.0. The fraction of sp³-hybridized carbons (Fsp3) is 0.130. The summed E-state index contributed by atoms with van der Waals surface area (Å²) in [5, 5.41) is 8.97. The molecule has 0 aliphatic rings. The molecule has 6 heteroatoms. The number of rotatable bonds is 7. The number of ether oxygens (including phenoxy) is 2. The van der Waals surface area contributed by atoms with Gasteiger partial charge in [-0.3, -0.25) is 4.79 Å². The largest absolute Gasteiger partial charge is 0.496 e. The van der Waals surface area contributed by atoms with Gasteiger partial charge in [0.1, 0.15) is 11.5 Å². The minimum Gasteiger partial charge on any atom is -0.496 e. The van der Waals surface area contributed by atoms with Crippen LogP contribution in [0.3, 0.4) is 0 Å². The van der Waals surface area contributed by atoms with E-state index in [1.54, 1.807) is 37.7 Å². The quantitative estimate of drug-likeness (QED) is 0.422. The number of carboxylic acids is 1. The highest BCUT2D eigenvalue weighted by Crippen LogP contribution is 2.39. The highest BCUT2D eigenvalue weighted by atomic mass is 32.1. The number of carbonyl (C=O) groups is 2. The number of benzene rings is 2. The molecular weight excluding hydrogens is 388 g/mol. The summed E-state index contributed by atoms with van der Waals surface area (Å²) in [5.41, 5.74) is 2.21. The Labute approximate surface area is 172 Å². The molecule has 0 radical (unpaired) electrons. The molecule has 0 aliphatic heterocycles. The van der Waals surface area contributed by atoms with Crippen molar-refractivity contribution < 1.29 is 24.2 Å². The number of ketones is 1. The van der Waals surface area contributed by atoms with E-state index in [2.05, 4.69) is 0 Å². The van der Waals surface area contributed by atoms with E-state index in [9.17, 15) is 9.59 Å². The van der Waals surface area contributed by atoms with Gasteiger partial charge in [0.15, 0.2) is 5.78 Å². The molecule has 3 rings (SSSR count). The molecule has 0 saturated heterocycles. The second kappa shape index (κ2) is 8.75. The zero-order chi connectivity index (χ0) is 21.0. The number of methoxy groups -OCH3 is 2. The predicted molar refractivity (Wildman–Crippen MR) is 114 cm³/mol. The lowest BCUT2D eigenvalue weighted by molar-refractivity contribution is 0.0696. The van der Waals surface area contributed by atoms with Gasteiger partial charge in [-0.15, -0.1) is 11.3 Å². The van der Waals surface area contributed by atoms with Crippen LogP contribution in [0.25, 0.3) is 16.5 Å². The molecule has 0 unspecified atom stereocenters. The third-order valence-electron chi connectivity index (χ3n) is 4.39. The minimum absolute atomic E-state index is 0.137. The number of carbonyl (C=O) groups excluding carboxylic acids is 1. The van der Waals surface area contributed by atoms with Crippen molar-refractivity contribution in [1.82, 2.24) is 0 Å². The van der Waals surface area contributed by atoms with Crippen molar-refractivity contribution in [2.45, 2.75) is 6.92 Å². The van der Waals surface area contributed by atoms with Gasteiger partial charge in [0, 0.05) is 32.5 Å². The summed E-state index contributed by atoms with van der Waals surface area (Å²) in [4.78, 5) is 25.7. The highest BCUT2D eigenvalue weighted by Gasteiger charge is 2.13. The number of hydrogen-bond acceptors (Lipinski definition) is 5. The van der Waals surface area contributed by atoms with Crippen molar-refractivity contribution in [3.63, 3.8) is 0 Å². The van der Waals surface area contributed by atoms with E-state index >= 15 is 0 Å². The van der Waals surface area contributed by atoms with Gasteiger partial charge in [-0.25, -0.2) is 4.79 Å². The van der Waals surface area contributed by atoms with Gasteiger partial charge in [0.05, 0.1) is 19.8 Å². The van der Waals surface area contributed by atoms with Crippen LogP contribution in [0, 0.1) is 6.92 Å². The summed E-state index contributed by atoms with van der Waals surface area (Å²) in [5.74, 6) is 0.0211. The van der Waals surface area contributed by atoms with Crippen LogP contribution in [-0.4, -0.2) is 31.1 Å². The number of hydrogen-bond donors (Lipinski definition) is 1. The van der Waals surface area contributed by atoms with Crippen LogP contribution in [0.5, 0.6) is 11.5 Å². The van der Waals surface area contributed by atoms with Crippen LogP contribution < -0.4 is 9.47 Å². The van der Waals surface area contributed by atoms with Crippen molar-refractivity contribution in [3.8, 4) is 21.9 Å². The maximum absolute atomic E-state index is 12.5. The van der Waals surface area contributed by atoms with Gasteiger partial charge in [0.25, 0.3) is 0 Å². The number of thiophene rings is 1. The van der Waals surface area contributed by atoms with Crippen LogP contribution in [-0.2, 0) is 0 Å². The van der Waals surface area contributed by atoms with E-state index in [4.69, 9.17) is 14.6 Å². The van der Waals surface area contributed by atoms with Crippen molar-refractivity contribution in [2.24, 2.45) is 0 Å². The second-order valence-corrected chi connectivity index (χ2v) is 7.57. The molecule has 0 fully saturated rings. The Morgan fingerprint density at radius 3 is 2.14 bits per heavy atom. The van der Waals surface area contributed by atoms with Crippen LogP contribution >= 0.6 is 11.3 Å². The second-order valence-electron chi connectivity index (χ2n) is 6.28. The van der Waals surface area contributed by atoms with E-state index in [-0.39, 0.29) is 11.3 Å². The Kier molecular flexibility index (Phi) is 6.14. The number of aryl methyl sites for hydroxylation is 1. The van der Waals surface area contributed by atoms with Crippen molar-refractivity contribution in [2.75, 3.05) is 14.2 Å².